The van der Waals surface area contributed by atoms with Crippen molar-refractivity contribution >= 4 is 12.0 Å². The van der Waals surface area contributed by atoms with E-state index < -0.39 is 5.97 Å². The lowest BCUT2D eigenvalue weighted by Gasteiger charge is -2.12. The molecule has 0 fully saturated rings. The number of carbonyl (C=O) groups is 1. The molecule has 0 aromatic heterocycles. The Kier molecular flexibility index (Phi) is 9.55. The highest BCUT2D eigenvalue weighted by atomic mass is 16.5. The Bertz CT molecular complexity index is 690. The molecule has 0 heterocycles. The van der Waals surface area contributed by atoms with Crippen molar-refractivity contribution in [2.75, 3.05) is 33.5 Å². The molecule has 1 rings (SSSR count). The summed E-state index contributed by atoms with van der Waals surface area (Å²) in [6.45, 7) is 8.13. The molecule has 0 aliphatic heterocycles. The molecule has 0 spiro atoms. The molecule has 0 atom stereocenters. The molecule has 26 heavy (non-hydrogen) atoms. The van der Waals surface area contributed by atoms with Crippen molar-refractivity contribution in [3.05, 3.63) is 55.0 Å². The van der Waals surface area contributed by atoms with Crippen molar-refractivity contribution in [1.82, 2.24) is 0 Å². The van der Waals surface area contributed by atoms with Crippen LogP contribution in [0.2, 0.25) is 0 Å². The third-order valence-electron chi connectivity index (χ3n) is 2.97. The van der Waals surface area contributed by atoms with Crippen molar-refractivity contribution < 1.29 is 28.5 Å². The molecule has 0 N–H and O–H groups in total. The molecule has 1 aromatic rings. The molecular weight excluding hydrogens is 338 g/mol. The van der Waals surface area contributed by atoms with Crippen LogP contribution in [0.25, 0.3) is 6.08 Å². The number of hydrogen-bond donors (Lipinski definition) is 0. The van der Waals surface area contributed by atoms with Gasteiger partial charge in [-0.3, -0.25) is 0 Å². The van der Waals surface area contributed by atoms with Gasteiger partial charge in [-0.2, -0.15) is 5.26 Å². The highest BCUT2D eigenvalue weighted by molar-refractivity contribution is 5.98. The van der Waals surface area contributed by atoms with Crippen LogP contribution in [0.1, 0.15) is 5.56 Å². The first-order valence-electron chi connectivity index (χ1n) is 7.71. The Hall–Kier alpha value is -3.40. The molecular formula is C19H21NO6. The van der Waals surface area contributed by atoms with E-state index in [0.717, 1.165) is 0 Å². The first-order chi connectivity index (χ1) is 12.7. The first kappa shape index (κ1) is 20.6. The van der Waals surface area contributed by atoms with Gasteiger partial charge in [-0.1, -0.05) is 13.2 Å². The molecule has 0 radical (unpaired) electrons. The fourth-order valence-corrected chi connectivity index (χ4v) is 1.83. The van der Waals surface area contributed by atoms with Gasteiger partial charge in [0.1, 0.15) is 49.6 Å². The van der Waals surface area contributed by atoms with Crippen LogP contribution in [0.4, 0.5) is 0 Å². The molecule has 138 valence electrons. The van der Waals surface area contributed by atoms with Gasteiger partial charge in [-0.05, 0) is 18.2 Å². The summed E-state index contributed by atoms with van der Waals surface area (Å²) in [5, 5.41) is 9.11. The van der Waals surface area contributed by atoms with Gasteiger partial charge in [0.05, 0.1) is 19.6 Å². The highest BCUT2D eigenvalue weighted by Crippen LogP contribution is 2.27. The summed E-state index contributed by atoms with van der Waals surface area (Å²) in [7, 11) is 1.21. The minimum Gasteiger partial charge on any atom is -0.498 e. The standard InChI is InChI=1S/C19H21NO6/c1-4-23-8-10-25-17-7-6-15(12-16(14-20)19(21)22-3)18(13-17)26-11-9-24-5-2/h4-7,12-13H,1-2,8-11H2,3H3/b16-12+. The van der Waals surface area contributed by atoms with E-state index in [0.29, 0.717) is 36.9 Å². The van der Waals surface area contributed by atoms with E-state index in [1.54, 1.807) is 24.3 Å². The first-order valence-corrected chi connectivity index (χ1v) is 7.71. The van der Waals surface area contributed by atoms with Gasteiger partial charge in [0.25, 0.3) is 0 Å². The molecule has 0 amide bonds. The molecule has 0 bridgehead atoms. The number of rotatable bonds is 12. The quantitative estimate of drug-likeness (QED) is 0.186. The second kappa shape index (κ2) is 12.0. The Morgan fingerprint density at radius 1 is 1.12 bits per heavy atom. The van der Waals surface area contributed by atoms with Crippen LogP contribution in [0.5, 0.6) is 11.5 Å². The summed E-state index contributed by atoms with van der Waals surface area (Å²) >= 11 is 0. The van der Waals surface area contributed by atoms with E-state index in [1.165, 1.54) is 25.7 Å². The fourth-order valence-electron chi connectivity index (χ4n) is 1.83. The minimum absolute atomic E-state index is 0.146. The number of methoxy groups -OCH3 is 1. The van der Waals surface area contributed by atoms with Crippen LogP contribution < -0.4 is 9.47 Å². The largest absolute Gasteiger partial charge is 0.498 e. The average molecular weight is 359 g/mol. The molecule has 7 heteroatoms. The van der Waals surface area contributed by atoms with Gasteiger partial charge < -0.3 is 23.7 Å². The summed E-state index contributed by atoms with van der Waals surface area (Å²) in [4.78, 5) is 11.6. The molecule has 7 nitrogen and oxygen atoms in total. The molecule has 0 saturated heterocycles. The van der Waals surface area contributed by atoms with Crippen LogP contribution >= 0.6 is 0 Å². The molecule has 0 aliphatic carbocycles. The Balaban J connectivity index is 3.00. The Morgan fingerprint density at radius 2 is 1.77 bits per heavy atom. The zero-order valence-electron chi connectivity index (χ0n) is 14.6. The van der Waals surface area contributed by atoms with Gasteiger partial charge in [0, 0.05) is 11.6 Å². The normalized spacial score (nSPS) is 10.2. The van der Waals surface area contributed by atoms with E-state index in [-0.39, 0.29) is 12.2 Å². The number of nitriles is 1. The van der Waals surface area contributed by atoms with Crippen LogP contribution in [0, 0.1) is 11.3 Å². The molecule has 1 aromatic carbocycles. The number of benzene rings is 1. The number of esters is 1. The lowest BCUT2D eigenvalue weighted by molar-refractivity contribution is -0.135. The van der Waals surface area contributed by atoms with Crippen LogP contribution in [-0.4, -0.2) is 39.5 Å². The summed E-state index contributed by atoms with van der Waals surface area (Å²) in [5.74, 6) is 0.248. The number of carbonyl (C=O) groups excluding carboxylic acids is 1. The van der Waals surface area contributed by atoms with Gasteiger partial charge >= 0.3 is 5.97 Å². The van der Waals surface area contributed by atoms with E-state index >= 15 is 0 Å². The third-order valence-corrected chi connectivity index (χ3v) is 2.97. The Labute approximate surface area is 152 Å². The van der Waals surface area contributed by atoms with Crippen LogP contribution in [0.3, 0.4) is 0 Å². The zero-order chi connectivity index (χ0) is 19.2. The van der Waals surface area contributed by atoms with Gasteiger partial charge in [0.2, 0.25) is 0 Å². The van der Waals surface area contributed by atoms with Crippen LogP contribution in [-0.2, 0) is 19.0 Å². The summed E-state index contributed by atoms with van der Waals surface area (Å²) in [6.07, 6.45) is 4.04. The topological polar surface area (TPSA) is 87.0 Å². The second-order valence-electron chi connectivity index (χ2n) is 4.63. The number of hydrogen-bond acceptors (Lipinski definition) is 7. The summed E-state index contributed by atoms with van der Waals surface area (Å²) in [6, 6.07) is 6.82. The van der Waals surface area contributed by atoms with Crippen molar-refractivity contribution in [2.24, 2.45) is 0 Å². The van der Waals surface area contributed by atoms with E-state index in [9.17, 15) is 4.79 Å². The highest BCUT2D eigenvalue weighted by Gasteiger charge is 2.12. The minimum atomic E-state index is -0.727. The Morgan fingerprint density at radius 3 is 2.35 bits per heavy atom. The maximum absolute atomic E-state index is 11.6. The van der Waals surface area contributed by atoms with Crippen LogP contribution in [0.15, 0.2) is 49.5 Å². The lowest BCUT2D eigenvalue weighted by atomic mass is 10.1. The predicted octanol–water partition coefficient (Wildman–Crippen LogP) is 2.84. The fraction of sp³-hybridized carbons (Fsp3) is 0.263. The summed E-state index contributed by atoms with van der Waals surface area (Å²) < 4.78 is 25.8. The smallest absolute Gasteiger partial charge is 0.348 e. The molecule has 0 unspecified atom stereocenters. The van der Waals surface area contributed by atoms with E-state index in [1.807, 2.05) is 0 Å². The average Bonchev–Trinajstić information content (AvgIpc) is 2.67. The number of nitrogens with zero attached hydrogens (tertiary/aromatic N) is 1. The van der Waals surface area contributed by atoms with Crippen molar-refractivity contribution in [3.63, 3.8) is 0 Å². The van der Waals surface area contributed by atoms with Gasteiger partial charge in [-0.25, -0.2) is 4.79 Å². The van der Waals surface area contributed by atoms with Crippen molar-refractivity contribution in [1.29, 1.82) is 5.26 Å². The maximum atomic E-state index is 11.6. The second-order valence-corrected chi connectivity index (χ2v) is 4.63. The zero-order valence-corrected chi connectivity index (χ0v) is 14.6. The van der Waals surface area contributed by atoms with Crippen molar-refractivity contribution in [2.45, 2.75) is 0 Å². The number of ether oxygens (including phenoxy) is 5. The maximum Gasteiger partial charge on any atom is 0.348 e. The monoisotopic (exact) mass is 359 g/mol. The van der Waals surface area contributed by atoms with E-state index in [2.05, 4.69) is 17.9 Å². The van der Waals surface area contributed by atoms with Gasteiger partial charge in [0.15, 0.2) is 0 Å². The SMILES string of the molecule is C=COCCOc1ccc(/C=C(\C#N)C(=O)OC)c(OCCOC=C)c1. The molecule has 0 aliphatic rings. The van der Waals surface area contributed by atoms with Crippen molar-refractivity contribution in [3.8, 4) is 17.6 Å². The van der Waals surface area contributed by atoms with E-state index in [4.69, 9.17) is 24.2 Å². The molecule has 0 saturated carbocycles. The lowest BCUT2D eigenvalue weighted by Crippen LogP contribution is -2.07. The van der Waals surface area contributed by atoms with Gasteiger partial charge in [-0.15, -0.1) is 0 Å². The third kappa shape index (κ3) is 7.01. The summed E-state index contributed by atoms with van der Waals surface area (Å²) in [5.41, 5.74) is 0.382. The predicted molar refractivity (Wildman–Crippen MR) is 95.3 cm³/mol.